The highest BCUT2D eigenvalue weighted by Gasteiger charge is 2.10. The summed E-state index contributed by atoms with van der Waals surface area (Å²) in [5.74, 6) is 0. The number of fused-ring (bicyclic) bond motifs is 1. The number of rotatable bonds is 0. The first-order valence-corrected chi connectivity index (χ1v) is 2.85. The standard InChI is InChI=1S/C7H3NO2/c9-6-4-2-1-3-8-5(4)7(6)10/h1-3H. The maximum Gasteiger partial charge on any atom is 0.252 e. The highest BCUT2D eigenvalue weighted by Crippen LogP contribution is 1.99. The zero-order valence-corrected chi connectivity index (χ0v) is 5.00. The fourth-order valence-corrected chi connectivity index (χ4v) is 0.937. The van der Waals surface area contributed by atoms with Gasteiger partial charge in [0, 0.05) is 6.20 Å². The van der Waals surface area contributed by atoms with Gasteiger partial charge in [0.2, 0.25) is 5.43 Å². The SMILES string of the molecule is O=c1c(=O)c2ncccc12. The van der Waals surface area contributed by atoms with Crippen LogP contribution in [0, 0.1) is 0 Å². The van der Waals surface area contributed by atoms with E-state index in [1.165, 1.54) is 6.20 Å². The van der Waals surface area contributed by atoms with Crippen molar-refractivity contribution < 1.29 is 0 Å². The van der Waals surface area contributed by atoms with Gasteiger partial charge in [0.05, 0.1) is 5.39 Å². The summed E-state index contributed by atoms with van der Waals surface area (Å²) in [5.41, 5.74) is -0.564. The lowest BCUT2D eigenvalue weighted by Gasteiger charge is -1.93. The molecule has 0 bridgehead atoms. The van der Waals surface area contributed by atoms with Crippen LogP contribution in [0.25, 0.3) is 10.9 Å². The summed E-state index contributed by atoms with van der Waals surface area (Å²) in [5, 5.41) is 0.451. The third kappa shape index (κ3) is 0.424. The Morgan fingerprint density at radius 3 is 2.70 bits per heavy atom. The largest absolute Gasteiger partial charge is 0.285 e. The second-order valence-corrected chi connectivity index (χ2v) is 2.06. The average Bonchev–Trinajstić information content (AvgIpc) is 2.03. The molecule has 0 aliphatic carbocycles. The van der Waals surface area contributed by atoms with Gasteiger partial charge in [-0.1, -0.05) is 0 Å². The van der Waals surface area contributed by atoms with Gasteiger partial charge in [-0.05, 0) is 12.1 Å². The summed E-state index contributed by atoms with van der Waals surface area (Å²) < 4.78 is 0. The van der Waals surface area contributed by atoms with E-state index >= 15 is 0 Å². The Morgan fingerprint density at radius 2 is 2.00 bits per heavy atom. The molecule has 1 aromatic heterocycles. The molecule has 0 saturated carbocycles. The van der Waals surface area contributed by atoms with Crippen molar-refractivity contribution in [1.82, 2.24) is 4.98 Å². The molecule has 48 valence electrons. The van der Waals surface area contributed by atoms with Crippen molar-refractivity contribution in [3.05, 3.63) is 38.8 Å². The van der Waals surface area contributed by atoms with Gasteiger partial charge in [-0.15, -0.1) is 0 Å². The summed E-state index contributed by atoms with van der Waals surface area (Å²) in [6.45, 7) is 0. The van der Waals surface area contributed by atoms with Crippen LogP contribution in [0.4, 0.5) is 0 Å². The second-order valence-electron chi connectivity index (χ2n) is 2.06. The van der Waals surface area contributed by atoms with E-state index in [0.29, 0.717) is 10.9 Å². The van der Waals surface area contributed by atoms with E-state index in [9.17, 15) is 9.59 Å². The van der Waals surface area contributed by atoms with Crippen molar-refractivity contribution in [2.45, 2.75) is 0 Å². The molecule has 0 amide bonds. The van der Waals surface area contributed by atoms with Gasteiger partial charge in [-0.2, -0.15) is 0 Å². The van der Waals surface area contributed by atoms with Gasteiger partial charge >= 0.3 is 0 Å². The van der Waals surface area contributed by atoms with E-state index in [0.717, 1.165) is 0 Å². The topological polar surface area (TPSA) is 47.0 Å². The van der Waals surface area contributed by atoms with Crippen molar-refractivity contribution in [2.75, 3.05) is 0 Å². The van der Waals surface area contributed by atoms with E-state index in [2.05, 4.69) is 4.98 Å². The maximum absolute atomic E-state index is 10.7. The van der Waals surface area contributed by atoms with Crippen LogP contribution in [0.1, 0.15) is 0 Å². The monoisotopic (exact) mass is 133 g/mol. The molecule has 2 aromatic rings. The Hall–Kier alpha value is -1.51. The zero-order chi connectivity index (χ0) is 7.14. The second kappa shape index (κ2) is 1.50. The number of pyridine rings is 1. The predicted molar refractivity (Wildman–Crippen MR) is 36.7 cm³/mol. The molecule has 0 aliphatic rings. The fraction of sp³-hybridized carbons (Fsp3) is 0. The minimum atomic E-state index is -0.462. The van der Waals surface area contributed by atoms with Crippen molar-refractivity contribution in [3.63, 3.8) is 0 Å². The summed E-state index contributed by atoms with van der Waals surface area (Å²) >= 11 is 0. The molecule has 0 aliphatic heterocycles. The Morgan fingerprint density at radius 1 is 1.20 bits per heavy atom. The molecule has 10 heavy (non-hydrogen) atoms. The van der Waals surface area contributed by atoms with Gasteiger partial charge in [-0.25, -0.2) is 0 Å². The number of hydrogen-bond acceptors (Lipinski definition) is 3. The van der Waals surface area contributed by atoms with Gasteiger partial charge in [0.25, 0.3) is 5.43 Å². The zero-order valence-electron chi connectivity index (χ0n) is 5.00. The molecular formula is C7H3NO2. The molecular weight excluding hydrogens is 130 g/mol. The van der Waals surface area contributed by atoms with Crippen LogP contribution in [0.2, 0.25) is 0 Å². The average molecular weight is 133 g/mol. The highest BCUT2D eigenvalue weighted by molar-refractivity contribution is 5.83. The number of hydrogen-bond donors (Lipinski definition) is 0. The molecule has 2 rings (SSSR count). The lowest BCUT2D eigenvalue weighted by Crippen LogP contribution is -2.31. The van der Waals surface area contributed by atoms with E-state index in [-0.39, 0.29) is 0 Å². The van der Waals surface area contributed by atoms with Crippen molar-refractivity contribution >= 4 is 10.9 Å². The molecule has 0 N–H and O–H groups in total. The molecule has 1 heterocycles. The fourth-order valence-electron chi connectivity index (χ4n) is 0.937. The minimum absolute atomic E-state index is 0.313. The van der Waals surface area contributed by atoms with Crippen LogP contribution in [0.15, 0.2) is 27.9 Å². The van der Waals surface area contributed by atoms with Crippen molar-refractivity contribution in [1.29, 1.82) is 0 Å². The molecule has 0 radical (unpaired) electrons. The molecule has 3 nitrogen and oxygen atoms in total. The van der Waals surface area contributed by atoms with E-state index in [1.54, 1.807) is 12.1 Å². The van der Waals surface area contributed by atoms with Crippen LogP contribution in [-0.2, 0) is 0 Å². The highest BCUT2D eigenvalue weighted by atomic mass is 16.2. The van der Waals surface area contributed by atoms with E-state index in [4.69, 9.17) is 0 Å². The molecule has 0 saturated heterocycles. The Labute approximate surface area is 55.6 Å². The summed E-state index contributed by atoms with van der Waals surface area (Å²) in [6, 6.07) is 3.25. The van der Waals surface area contributed by atoms with Crippen LogP contribution in [0.3, 0.4) is 0 Å². The van der Waals surface area contributed by atoms with Crippen molar-refractivity contribution in [2.24, 2.45) is 0 Å². The Kier molecular flexibility index (Phi) is 0.795. The predicted octanol–water partition coefficient (Wildman–Crippen LogP) is -0.169. The molecule has 0 spiro atoms. The van der Waals surface area contributed by atoms with Gasteiger partial charge < -0.3 is 0 Å². The van der Waals surface area contributed by atoms with E-state index < -0.39 is 10.9 Å². The summed E-state index contributed by atoms with van der Waals surface area (Å²) in [7, 11) is 0. The molecule has 1 aromatic carbocycles. The lowest BCUT2D eigenvalue weighted by atomic mass is 10.1. The van der Waals surface area contributed by atoms with Gasteiger partial charge in [0.15, 0.2) is 0 Å². The molecule has 0 unspecified atom stereocenters. The van der Waals surface area contributed by atoms with Crippen LogP contribution in [0.5, 0.6) is 0 Å². The molecule has 0 atom stereocenters. The summed E-state index contributed by atoms with van der Waals surface area (Å²) in [6.07, 6.45) is 1.50. The van der Waals surface area contributed by atoms with Gasteiger partial charge in [-0.3, -0.25) is 14.6 Å². The quantitative estimate of drug-likeness (QED) is 0.469. The first-order valence-electron chi connectivity index (χ1n) is 2.85. The van der Waals surface area contributed by atoms with Crippen LogP contribution < -0.4 is 10.9 Å². The smallest absolute Gasteiger partial charge is 0.252 e. The number of nitrogens with zero attached hydrogens (tertiary/aromatic N) is 1. The third-order valence-electron chi connectivity index (χ3n) is 1.47. The van der Waals surface area contributed by atoms with E-state index in [1.807, 2.05) is 0 Å². The van der Waals surface area contributed by atoms with Crippen LogP contribution in [-0.4, -0.2) is 4.98 Å². The Balaban J connectivity index is 3.09. The normalized spacial score (nSPS) is 10.8. The maximum atomic E-state index is 10.7. The lowest BCUT2D eigenvalue weighted by molar-refractivity contribution is 1.35. The first-order chi connectivity index (χ1) is 4.80. The molecule has 3 heteroatoms. The number of aromatic nitrogens is 1. The third-order valence-corrected chi connectivity index (χ3v) is 1.47. The summed E-state index contributed by atoms with van der Waals surface area (Å²) in [4.78, 5) is 25.0. The van der Waals surface area contributed by atoms with Crippen LogP contribution >= 0.6 is 0 Å². The Bertz CT molecular complexity index is 408. The molecule has 0 fully saturated rings. The minimum Gasteiger partial charge on any atom is -0.285 e. The first kappa shape index (κ1) is 5.29. The van der Waals surface area contributed by atoms with Gasteiger partial charge in [0.1, 0.15) is 5.52 Å². The van der Waals surface area contributed by atoms with Crippen molar-refractivity contribution in [3.8, 4) is 0 Å².